The number of hydrogen-bond donors (Lipinski definition) is 2. The van der Waals surface area contributed by atoms with E-state index in [1.807, 2.05) is 42.5 Å². The van der Waals surface area contributed by atoms with Crippen LogP contribution in [0.3, 0.4) is 0 Å². The van der Waals surface area contributed by atoms with Crippen molar-refractivity contribution in [3.05, 3.63) is 65.5 Å². The topological polar surface area (TPSA) is 65.7 Å². The highest BCUT2D eigenvalue weighted by molar-refractivity contribution is 5.96. The zero-order valence-corrected chi connectivity index (χ0v) is 12.2. The summed E-state index contributed by atoms with van der Waals surface area (Å²) >= 11 is 0. The van der Waals surface area contributed by atoms with E-state index in [1.165, 1.54) is 0 Å². The summed E-state index contributed by atoms with van der Waals surface area (Å²) in [7, 11) is 0. The summed E-state index contributed by atoms with van der Waals surface area (Å²) in [6, 6.07) is 13.9. The van der Waals surface area contributed by atoms with Gasteiger partial charge in [-0.1, -0.05) is 36.4 Å². The molecule has 0 fully saturated rings. The average Bonchev–Trinajstić information content (AvgIpc) is 2.56. The standard InChI is InChI=1S/C18H16N2O2/c1-12-18(22)16(14(11-21)9-19-12)10-20-17-8-4-6-13-5-2-3-7-15(13)17/h2-10,21-22H,11H2,1H3. The van der Waals surface area contributed by atoms with Crippen molar-refractivity contribution in [3.63, 3.8) is 0 Å². The highest BCUT2D eigenvalue weighted by atomic mass is 16.3. The maximum atomic E-state index is 10.1. The van der Waals surface area contributed by atoms with E-state index >= 15 is 0 Å². The molecule has 0 saturated heterocycles. The molecule has 0 unspecified atom stereocenters. The van der Waals surface area contributed by atoms with E-state index in [9.17, 15) is 10.2 Å². The van der Waals surface area contributed by atoms with E-state index < -0.39 is 0 Å². The Hall–Kier alpha value is -2.72. The fraction of sp³-hybridized carbons (Fsp3) is 0.111. The van der Waals surface area contributed by atoms with Crippen molar-refractivity contribution in [3.8, 4) is 5.75 Å². The molecule has 0 amide bonds. The van der Waals surface area contributed by atoms with Gasteiger partial charge in [-0.25, -0.2) is 0 Å². The minimum absolute atomic E-state index is 0.0514. The molecule has 0 saturated carbocycles. The second kappa shape index (κ2) is 5.95. The first-order valence-electron chi connectivity index (χ1n) is 7.01. The molecule has 0 bridgehead atoms. The van der Waals surface area contributed by atoms with Gasteiger partial charge in [0.15, 0.2) is 0 Å². The number of nitrogens with zero attached hydrogens (tertiary/aromatic N) is 2. The van der Waals surface area contributed by atoms with Crippen LogP contribution in [-0.2, 0) is 6.61 Å². The molecule has 4 heteroatoms. The van der Waals surface area contributed by atoms with Gasteiger partial charge in [-0.05, 0) is 18.4 Å². The Morgan fingerprint density at radius 2 is 1.91 bits per heavy atom. The summed E-state index contributed by atoms with van der Waals surface area (Å²) in [5.74, 6) is 0.0514. The van der Waals surface area contributed by atoms with Crippen molar-refractivity contribution in [1.82, 2.24) is 4.98 Å². The fourth-order valence-corrected chi connectivity index (χ4v) is 2.38. The molecule has 0 aliphatic heterocycles. The van der Waals surface area contributed by atoms with Crippen molar-refractivity contribution in [2.24, 2.45) is 4.99 Å². The number of hydrogen-bond acceptors (Lipinski definition) is 4. The highest BCUT2D eigenvalue weighted by Gasteiger charge is 2.09. The SMILES string of the molecule is Cc1ncc(CO)c(C=Nc2cccc3ccccc23)c1O. The summed E-state index contributed by atoms with van der Waals surface area (Å²) in [5, 5.41) is 21.7. The normalized spacial score (nSPS) is 11.4. The van der Waals surface area contributed by atoms with Crippen LogP contribution >= 0.6 is 0 Å². The zero-order valence-electron chi connectivity index (χ0n) is 12.2. The van der Waals surface area contributed by atoms with Gasteiger partial charge in [-0.15, -0.1) is 0 Å². The molecular formula is C18H16N2O2. The van der Waals surface area contributed by atoms with E-state index in [-0.39, 0.29) is 12.4 Å². The van der Waals surface area contributed by atoms with Crippen molar-refractivity contribution in [1.29, 1.82) is 0 Å². The number of aromatic nitrogens is 1. The Morgan fingerprint density at radius 1 is 1.14 bits per heavy atom. The molecule has 3 aromatic rings. The molecule has 2 N–H and O–H groups in total. The molecule has 0 aliphatic carbocycles. The van der Waals surface area contributed by atoms with Crippen LogP contribution in [0, 0.1) is 6.92 Å². The second-order valence-electron chi connectivity index (χ2n) is 5.05. The number of aliphatic hydroxyl groups is 1. The fourth-order valence-electron chi connectivity index (χ4n) is 2.38. The predicted octanol–water partition coefficient (Wildman–Crippen LogP) is 3.49. The number of aromatic hydroxyl groups is 1. The van der Waals surface area contributed by atoms with Crippen LogP contribution in [0.5, 0.6) is 5.75 Å². The molecule has 1 aromatic heterocycles. The van der Waals surface area contributed by atoms with Gasteiger partial charge in [0, 0.05) is 28.9 Å². The molecule has 1 heterocycles. The van der Waals surface area contributed by atoms with Crippen LogP contribution in [0.15, 0.2) is 53.7 Å². The summed E-state index contributed by atoms with van der Waals surface area (Å²) < 4.78 is 0. The Bertz CT molecular complexity index is 852. The number of pyridine rings is 1. The van der Waals surface area contributed by atoms with Crippen LogP contribution in [0.25, 0.3) is 10.8 Å². The predicted molar refractivity (Wildman–Crippen MR) is 87.8 cm³/mol. The number of aryl methyl sites for hydroxylation is 1. The number of fused-ring (bicyclic) bond motifs is 1. The Labute approximate surface area is 128 Å². The first-order valence-corrected chi connectivity index (χ1v) is 7.01. The Balaban J connectivity index is 2.09. The van der Waals surface area contributed by atoms with E-state index in [0.29, 0.717) is 16.8 Å². The molecule has 0 spiro atoms. The third kappa shape index (κ3) is 2.56. The minimum Gasteiger partial charge on any atom is -0.505 e. The lowest BCUT2D eigenvalue weighted by Crippen LogP contribution is -1.97. The lowest BCUT2D eigenvalue weighted by Gasteiger charge is -2.07. The monoisotopic (exact) mass is 292 g/mol. The summed E-state index contributed by atoms with van der Waals surface area (Å²) in [4.78, 5) is 8.53. The zero-order chi connectivity index (χ0) is 15.5. The Morgan fingerprint density at radius 3 is 2.73 bits per heavy atom. The molecule has 2 aromatic carbocycles. The van der Waals surface area contributed by atoms with Gasteiger partial charge in [-0.2, -0.15) is 0 Å². The second-order valence-corrected chi connectivity index (χ2v) is 5.05. The Kier molecular flexibility index (Phi) is 3.85. The van der Waals surface area contributed by atoms with Crippen molar-refractivity contribution in [2.45, 2.75) is 13.5 Å². The first kappa shape index (κ1) is 14.2. The lowest BCUT2D eigenvalue weighted by molar-refractivity contribution is 0.280. The third-order valence-electron chi connectivity index (χ3n) is 3.63. The smallest absolute Gasteiger partial charge is 0.145 e. The molecular weight excluding hydrogens is 276 g/mol. The van der Waals surface area contributed by atoms with Gasteiger partial charge in [0.25, 0.3) is 0 Å². The van der Waals surface area contributed by atoms with E-state index in [2.05, 4.69) is 9.98 Å². The number of aliphatic hydroxyl groups excluding tert-OH is 1. The van der Waals surface area contributed by atoms with Crippen LogP contribution in [0.1, 0.15) is 16.8 Å². The van der Waals surface area contributed by atoms with Crippen LogP contribution in [-0.4, -0.2) is 21.4 Å². The van der Waals surface area contributed by atoms with Gasteiger partial charge >= 0.3 is 0 Å². The van der Waals surface area contributed by atoms with Crippen LogP contribution < -0.4 is 0 Å². The van der Waals surface area contributed by atoms with E-state index in [0.717, 1.165) is 16.5 Å². The van der Waals surface area contributed by atoms with Gasteiger partial charge in [0.05, 0.1) is 18.0 Å². The van der Waals surface area contributed by atoms with Crippen molar-refractivity contribution < 1.29 is 10.2 Å². The summed E-state index contributed by atoms with van der Waals surface area (Å²) in [6.45, 7) is 1.52. The highest BCUT2D eigenvalue weighted by Crippen LogP contribution is 2.27. The molecule has 3 rings (SSSR count). The number of rotatable bonds is 3. The van der Waals surface area contributed by atoms with Gasteiger partial charge < -0.3 is 10.2 Å². The average molecular weight is 292 g/mol. The van der Waals surface area contributed by atoms with Crippen LogP contribution in [0.4, 0.5) is 5.69 Å². The quantitative estimate of drug-likeness (QED) is 0.726. The maximum Gasteiger partial charge on any atom is 0.145 e. The molecule has 0 atom stereocenters. The summed E-state index contributed by atoms with van der Waals surface area (Å²) in [5.41, 5.74) is 2.38. The largest absolute Gasteiger partial charge is 0.505 e. The van der Waals surface area contributed by atoms with Crippen LogP contribution in [0.2, 0.25) is 0 Å². The van der Waals surface area contributed by atoms with E-state index in [1.54, 1.807) is 19.3 Å². The first-order chi connectivity index (χ1) is 10.7. The van der Waals surface area contributed by atoms with E-state index in [4.69, 9.17) is 0 Å². The number of benzene rings is 2. The van der Waals surface area contributed by atoms with Gasteiger partial charge in [-0.3, -0.25) is 9.98 Å². The third-order valence-corrected chi connectivity index (χ3v) is 3.63. The van der Waals surface area contributed by atoms with Gasteiger partial charge in [0.2, 0.25) is 0 Å². The molecule has 22 heavy (non-hydrogen) atoms. The summed E-state index contributed by atoms with van der Waals surface area (Å²) in [6.07, 6.45) is 3.14. The molecule has 4 nitrogen and oxygen atoms in total. The molecule has 0 radical (unpaired) electrons. The minimum atomic E-state index is -0.197. The lowest BCUT2D eigenvalue weighted by atomic mass is 10.1. The maximum absolute atomic E-state index is 10.1. The van der Waals surface area contributed by atoms with Gasteiger partial charge in [0.1, 0.15) is 5.75 Å². The number of aliphatic imine (C=N–C) groups is 1. The van der Waals surface area contributed by atoms with Crippen molar-refractivity contribution >= 4 is 22.7 Å². The van der Waals surface area contributed by atoms with Crippen molar-refractivity contribution in [2.75, 3.05) is 0 Å². The molecule has 110 valence electrons. The molecule has 0 aliphatic rings.